The number of ether oxygens (including phenoxy) is 1. The summed E-state index contributed by atoms with van der Waals surface area (Å²) in [6.07, 6.45) is 1.70. The van der Waals surface area contributed by atoms with E-state index in [-0.39, 0.29) is 6.04 Å². The van der Waals surface area contributed by atoms with Crippen LogP contribution in [-0.4, -0.2) is 29.7 Å². The number of anilines is 1. The summed E-state index contributed by atoms with van der Waals surface area (Å²) in [6, 6.07) is 6.09. The third-order valence-corrected chi connectivity index (χ3v) is 3.37. The molecule has 19 heavy (non-hydrogen) atoms. The Morgan fingerprint density at radius 2 is 2.26 bits per heavy atom. The van der Waals surface area contributed by atoms with E-state index in [1.807, 2.05) is 12.1 Å². The molecule has 1 fully saturated rings. The van der Waals surface area contributed by atoms with E-state index in [0.29, 0.717) is 17.6 Å². The van der Waals surface area contributed by atoms with Gasteiger partial charge in [-0.2, -0.15) is 0 Å². The molecule has 1 aliphatic heterocycles. The number of benzene rings is 1. The fourth-order valence-corrected chi connectivity index (χ4v) is 2.48. The summed E-state index contributed by atoms with van der Waals surface area (Å²) < 4.78 is 5.48. The van der Waals surface area contributed by atoms with Gasteiger partial charge < -0.3 is 20.8 Å². The summed E-state index contributed by atoms with van der Waals surface area (Å²) in [5.41, 5.74) is 8.54. The van der Waals surface area contributed by atoms with Crippen LogP contribution in [0.1, 0.15) is 11.6 Å². The van der Waals surface area contributed by atoms with Crippen LogP contribution < -0.4 is 11.1 Å². The molecule has 0 aliphatic carbocycles. The molecule has 1 aromatic carbocycles. The lowest BCUT2D eigenvalue weighted by Gasteiger charge is -2.24. The number of aromatic amines is 1. The smallest absolute Gasteiger partial charge is 0.197 e. The van der Waals surface area contributed by atoms with Gasteiger partial charge in [0.25, 0.3) is 0 Å². The van der Waals surface area contributed by atoms with Crippen LogP contribution in [0.3, 0.4) is 0 Å². The molecule has 100 valence electrons. The molecule has 4 N–H and O–H groups in total. The van der Waals surface area contributed by atoms with Gasteiger partial charge in [0.15, 0.2) is 5.95 Å². The SMILES string of the molecule is Nc1ncc(-c2cc(Cl)cc(C3COCCN3)c2)[nH]1. The first-order chi connectivity index (χ1) is 9.22. The maximum Gasteiger partial charge on any atom is 0.197 e. The molecule has 0 saturated carbocycles. The van der Waals surface area contributed by atoms with Gasteiger partial charge in [-0.1, -0.05) is 11.6 Å². The number of rotatable bonds is 2. The Kier molecular flexibility index (Phi) is 3.42. The van der Waals surface area contributed by atoms with Crippen molar-refractivity contribution in [3.63, 3.8) is 0 Å². The van der Waals surface area contributed by atoms with E-state index in [0.717, 1.165) is 30.0 Å². The minimum atomic E-state index is 0.173. The largest absolute Gasteiger partial charge is 0.378 e. The number of nitrogens with two attached hydrogens (primary N) is 1. The highest BCUT2D eigenvalue weighted by Crippen LogP contribution is 2.27. The third-order valence-electron chi connectivity index (χ3n) is 3.15. The molecular weight excluding hydrogens is 264 g/mol. The van der Waals surface area contributed by atoms with E-state index in [4.69, 9.17) is 22.1 Å². The second-order valence-corrected chi connectivity index (χ2v) is 4.97. The number of nitrogen functional groups attached to an aromatic ring is 1. The molecular formula is C13H15ClN4O. The fourth-order valence-electron chi connectivity index (χ4n) is 2.23. The number of hydrogen-bond donors (Lipinski definition) is 3. The number of morpholine rings is 1. The van der Waals surface area contributed by atoms with Crippen molar-refractivity contribution < 1.29 is 4.74 Å². The summed E-state index contributed by atoms with van der Waals surface area (Å²) >= 11 is 6.19. The van der Waals surface area contributed by atoms with E-state index in [2.05, 4.69) is 21.4 Å². The molecule has 2 aromatic rings. The first-order valence-electron chi connectivity index (χ1n) is 6.15. The minimum Gasteiger partial charge on any atom is -0.378 e. The zero-order valence-electron chi connectivity index (χ0n) is 10.3. The van der Waals surface area contributed by atoms with Crippen molar-refractivity contribution in [1.82, 2.24) is 15.3 Å². The Labute approximate surface area is 116 Å². The van der Waals surface area contributed by atoms with Crippen LogP contribution in [0.15, 0.2) is 24.4 Å². The lowest BCUT2D eigenvalue weighted by Crippen LogP contribution is -2.34. The average molecular weight is 279 g/mol. The molecule has 0 radical (unpaired) electrons. The number of nitrogens with zero attached hydrogens (tertiary/aromatic N) is 1. The van der Waals surface area contributed by atoms with Gasteiger partial charge in [0.05, 0.1) is 31.1 Å². The zero-order valence-corrected chi connectivity index (χ0v) is 11.1. The summed E-state index contributed by atoms with van der Waals surface area (Å²) in [5.74, 6) is 0.399. The first kappa shape index (κ1) is 12.5. The van der Waals surface area contributed by atoms with Crippen molar-refractivity contribution in [2.24, 2.45) is 0 Å². The monoisotopic (exact) mass is 278 g/mol. The Hall–Kier alpha value is -1.56. The van der Waals surface area contributed by atoms with Crippen molar-refractivity contribution in [2.75, 3.05) is 25.5 Å². The molecule has 3 rings (SSSR count). The molecule has 2 heterocycles. The van der Waals surface area contributed by atoms with Gasteiger partial charge in [-0.25, -0.2) is 4.98 Å². The van der Waals surface area contributed by atoms with Gasteiger partial charge in [0.1, 0.15) is 0 Å². The molecule has 5 nitrogen and oxygen atoms in total. The van der Waals surface area contributed by atoms with Crippen molar-refractivity contribution in [3.8, 4) is 11.3 Å². The Morgan fingerprint density at radius 1 is 1.37 bits per heavy atom. The summed E-state index contributed by atoms with van der Waals surface area (Å²) in [7, 11) is 0. The molecule has 0 amide bonds. The van der Waals surface area contributed by atoms with Crippen LogP contribution in [0.4, 0.5) is 5.95 Å². The van der Waals surface area contributed by atoms with E-state index in [1.54, 1.807) is 6.20 Å². The lowest BCUT2D eigenvalue weighted by molar-refractivity contribution is 0.0769. The highest BCUT2D eigenvalue weighted by Gasteiger charge is 2.16. The van der Waals surface area contributed by atoms with Crippen LogP contribution in [0.25, 0.3) is 11.3 Å². The minimum absolute atomic E-state index is 0.173. The number of aromatic nitrogens is 2. The average Bonchev–Trinajstić information content (AvgIpc) is 2.86. The predicted octanol–water partition coefficient (Wildman–Crippen LogP) is 1.97. The number of imidazole rings is 1. The topological polar surface area (TPSA) is 76.0 Å². The second-order valence-electron chi connectivity index (χ2n) is 4.54. The van der Waals surface area contributed by atoms with Gasteiger partial charge in [0.2, 0.25) is 0 Å². The maximum atomic E-state index is 6.19. The van der Waals surface area contributed by atoms with Crippen LogP contribution >= 0.6 is 11.6 Å². The number of nitrogens with one attached hydrogen (secondary N) is 2. The van der Waals surface area contributed by atoms with Crippen molar-refractivity contribution in [3.05, 3.63) is 35.0 Å². The third kappa shape index (κ3) is 2.73. The fraction of sp³-hybridized carbons (Fsp3) is 0.308. The summed E-state index contributed by atoms with van der Waals surface area (Å²) in [5, 5.41) is 4.10. The van der Waals surface area contributed by atoms with Crippen molar-refractivity contribution in [2.45, 2.75) is 6.04 Å². The van der Waals surface area contributed by atoms with Gasteiger partial charge in [-0.3, -0.25) is 0 Å². The number of hydrogen-bond acceptors (Lipinski definition) is 4. The molecule has 1 saturated heterocycles. The predicted molar refractivity (Wildman–Crippen MR) is 75.0 cm³/mol. The molecule has 1 aromatic heterocycles. The van der Waals surface area contributed by atoms with Gasteiger partial charge in [-0.05, 0) is 23.8 Å². The van der Waals surface area contributed by atoms with E-state index in [9.17, 15) is 0 Å². The van der Waals surface area contributed by atoms with Crippen LogP contribution in [0.2, 0.25) is 5.02 Å². The maximum absolute atomic E-state index is 6.19. The summed E-state index contributed by atoms with van der Waals surface area (Å²) in [4.78, 5) is 7.01. The molecule has 0 spiro atoms. The van der Waals surface area contributed by atoms with Crippen molar-refractivity contribution in [1.29, 1.82) is 0 Å². The van der Waals surface area contributed by atoms with Crippen LogP contribution in [-0.2, 0) is 4.74 Å². The molecule has 1 atom stereocenters. The van der Waals surface area contributed by atoms with Crippen LogP contribution in [0.5, 0.6) is 0 Å². The van der Waals surface area contributed by atoms with Crippen LogP contribution in [0, 0.1) is 0 Å². The van der Waals surface area contributed by atoms with Gasteiger partial charge in [0, 0.05) is 17.1 Å². The molecule has 0 bridgehead atoms. The van der Waals surface area contributed by atoms with Gasteiger partial charge >= 0.3 is 0 Å². The molecule has 1 aliphatic rings. The first-order valence-corrected chi connectivity index (χ1v) is 6.52. The second kappa shape index (κ2) is 5.21. The number of halogens is 1. The van der Waals surface area contributed by atoms with E-state index >= 15 is 0 Å². The Bertz CT molecular complexity index is 578. The lowest BCUT2D eigenvalue weighted by atomic mass is 10.0. The zero-order chi connectivity index (χ0) is 13.2. The van der Waals surface area contributed by atoms with E-state index in [1.165, 1.54) is 0 Å². The highest BCUT2D eigenvalue weighted by molar-refractivity contribution is 6.31. The quantitative estimate of drug-likeness (QED) is 0.785. The summed E-state index contributed by atoms with van der Waals surface area (Å²) in [6.45, 7) is 2.26. The van der Waals surface area contributed by atoms with E-state index < -0.39 is 0 Å². The number of H-pyrrole nitrogens is 1. The van der Waals surface area contributed by atoms with Gasteiger partial charge in [-0.15, -0.1) is 0 Å². The Morgan fingerprint density at radius 3 is 2.95 bits per heavy atom. The highest BCUT2D eigenvalue weighted by atomic mass is 35.5. The normalized spacial score (nSPS) is 19.5. The molecule has 6 heteroatoms. The van der Waals surface area contributed by atoms with Crippen molar-refractivity contribution >= 4 is 17.5 Å². The Balaban J connectivity index is 1.95. The molecule has 1 unspecified atom stereocenters. The standard InChI is InChI=1S/C13H15ClN4O/c14-10-4-8(11-6-17-13(15)18-11)3-9(5-10)12-7-19-2-1-16-12/h3-6,12,16H,1-2,7H2,(H3,15,17,18).